The highest BCUT2D eigenvalue weighted by atomic mass is 32.2. The van der Waals surface area contributed by atoms with Crippen molar-refractivity contribution in [3.05, 3.63) is 59.2 Å². The number of sulfonamides is 1. The fraction of sp³-hybridized carbons (Fsp3) is 0.350. The molecule has 0 amide bonds. The van der Waals surface area contributed by atoms with E-state index in [9.17, 15) is 8.42 Å². The average Bonchev–Trinajstić information content (AvgIpc) is 2.62. The summed E-state index contributed by atoms with van der Waals surface area (Å²) in [7, 11) is -3.65. The fourth-order valence-corrected chi connectivity index (χ4v) is 3.46. The molecule has 0 aliphatic carbocycles. The van der Waals surface area contributed by atoms with Gasteiger partial charge in [0.15, 0.2) is 5.11 Å². The zero-order valence-corrected chi connectivity index (χ0v) is 17.4. The maximum absolute atomic E-state index is 11.3. The Morgan fingerprint density at radius 3 is 2.33 bits per heavy atom. The average molecular weight is 406 g/mol. The van der Waals surface area contributed by atoms with E-state index in [2.05, 4.69) is 42.7 Å². The topological polar surface area (TPSA) is 84.2 Å². The molecule has 0 heterocycles. The van der Waals surface area contributed by atoms with Gasteiger partial charge in [-0.15, -0.1) is 0 Å². The van der Waals surface area contributed by atoms with Crippen LogP contribution in [0.1, 0.15) is 36.5 Å². The van der Waals surface area contributed by atoms with E-state index < -0.39 is 10.0 Å². The first-order valence-corrected chi connectivity index (χ1v) is 11.0. The van der Waals surface area contributed by atoms with Crippen LogP contribution in [-0.2, 0) is 22.9 Å². The molecule has 0 radical (unpaired) electrons. The van der Waals surface area contributed by atoms with Crippen LogP contribution in [-0.4, -0.2) is 20.1 Å². The smallest absolute Gasteiger partial charge is 0.238 e. The van der Waals surface area contributed by atoms with Gasteiger partial charge in [-0.1, -0.05) is 37.6 Å². The first-order chi connectivity index (χ1) is 12.8. The normalized spacial score (nSPS) is 11.2. The molecule has 0 aromatic heterocycles. The molecule has 7 heteroatoms. The molecule has 0 spiro atoms. The van der Waals surface area contributed by atoms with Gasteiger partial charge in [0.2, 0.25) is 10.0 Å². The van der Waals surface area contributed by atoms with E-state index in [1.807, 2.05) is 0 Å². The standard InChI is InChI=1S/C20H27N3O2S2/c1-3-4-5-17-8-11-19(15(2)14-17)23-20(26)22-13-12-16-6-9-18(10-7-16)27(21,24)25/h6-11,14H,3-5,12-13H2,1-2H3,(H2,21,24,25)(H2,22,23,26). The summed E-state index contributed by atoms with van der Waals surface area (Å²) in [4.78, 5) is 0.120. The molecule has 0 unspecified atom stereocenters. The summed E-state index contributed by atoms with van der Waals surface area (Å²) >= 11 is 5.37. The van der Waals surface area contributed by atoms with Crippen molar-refractivity contribution in [2.45, 2.75) is 44.4 Å². The molecule has 5 nitrogen and oxygen atoms in total. The van der Waals surface area contributed by atoms with Gasteiger partial charge in [-0.05, 0) is 73.3 Å². The van der Waals surface area contributed by atoms with Gasteiger partial charge >= 0.3 is 0 Å². The molecule has 146 valence electrons. The summed E-state index contributed by atoms with van der Waals surface area (Å²) in [5, 5.41) is 12.1. The Balaban J connectivity index is 1.82. The van der Waals surface area contributed by atoms with Crippen molar-refractivity contribution in [3.8, 4) is 0 Å². The quantitative estimate of drug-likeness (QED) is 0.585. The number of primary sulfonamides is 1. The third-order valence-corrected chi connectivity index (χ3v) is 5.48. The minimum Gasteiger partial charge on any atom is -0.362 e. The molecular weight excluding hydrogens is 378 g/mol. The molecule has 2 aromatic rings. The molecule has 0 saturated heterocycles. The van der Waals surface area contributed by atoms with E-state index in [1.54, 1.807) is 12.1 Å². The van der Waals surface area contributed by atoms with Crippen molar-refractivity contribution in [2.24, 2.45) is 5.14 Å². The first-order valence-electron chi connectivity index (χ1n) is 9.05. The molecule has 4 N–H and O–H groups in total. The Morgan fingerprint density at radius 2 is 1.74 bits per heavy atom. The molecule has 0 fully saturated rings. The number of hydrogen-bond donors (Lipinski definition) is 3. The van der Waals surface area contributed by atoms with Crippen LogP contribution in [0.3, 0.4) is 0 Å². The molecule has 2 rings (SSSR count). The SMILES string of the molecule is CCCCc1ccc(NC(=S)NCCc2ccc(S(N)(=O)=O)cc2)c(C)c1. The Bertz CT molecular complexity index is 879. The van der Waals surface area contributed by atoms with Crippen LogP contribution >= 0.6 is 12.2 Å². The van der Waals surface area contributed by atoms with E-state index in [1.165, 1.54) is 36.1 Å². The number of anilines is 1. The molecule has 0 bridgehead atoms. The summed E-state index contributed by atoms with van der Waals surface area (Å²) in [5.41, 5.74) is 4.53. The lowest BCUT2D eigenvalue weighted by Gasteiger charge is -2.13. The molecule has 0 aliphatic rings. The van der Waals surface area contributed by atoms with Gasteiger partial charge in [0.1, 0.15) is 0 Å². The highest BCUT2D eigenvalue weighted by molar-refractivity contribution is 7.89. The summed E-state index contributed by atoms with van der Waals surface area (Å²) in [6, 6.07) is 13.0. The highest BCUT2D eigenvalue weighted by Crippen LogP contribution is 2.18. The predicted octanol–water partition coefficient (Wildman–Crippen LogP) is 3.51. The summed E-state index contributed by atoms with van der Waals surface area (Å²) in [6.45, 7) is 4.92. The molecule has 0 atom stereocenters. The Labute approximate surface area is 167 Å². The molecule has 0 aliphatic heterocycles. The van der Waals surface area contributed by atoms with Crippen LogP contribution in [0.4, 0.5) is 5.69 Å². The number of nitrogens with two attached hydrogens (primary N) is 1. The third kappa shape index (κ3) is 6.93. The number of benzene rings is 2. The van der Waals surface area contributed by atoms with Crippen LogP contribution in [0.5, 0.6) is 0 Å². The van der Waals surface area contributed by atoms with Crippen LogP contribution < -0.4 is 15.8 Å². The van der Waals surface area contributed by atoms with Crippen molar-refractivity contribution in [2.75, 3.05) is 11.9 Å². The van der Waals surface area contributed by atoms with Crippen molar-refractivity contribution in [3.63, 3.8) is 0 Å². The van der Waals surface area contributed by atoms with E-state index >= 15 is 0 Å². The molecule has 2 aromatic carbocycles. The van der Waals surface area contributed by atoms with Crippen molar-refractivity contribution >= 4 is 33.0 Å². The number of aryl methyl sites for hydroxylation is 2. The largest absolute Gasteiger partial charge is 0.362 e. The number of rotatable bonds is 8. The number of nitrogens with one attached hydrogen (secondary N) is 2. The van der Waals surface area contributed by atoms with E-state index in [-0.39, 0.29) is 4.90 Å². The van der Waals surface area contributed by atoms with E-state index in [0.717, 1.165) is 24.1 Å². The van der Waals surface area contributed by atoms with Gasteiger partial charge in [0, 0.05) is 12.2 Å². The Hall–Kier alpha value is -1.96. The summed E-state index contributed by atoms with van der Waals surface area (Å²) < 4.78 is 22.5. The lowest BCUT2D eigenvalue weighted by atomic mass is 10.0. The Kier molecular flexibility index (Phi) is 7.77. The van der Waals surface area contributed by atoms with Gasteiger partial charge < -0.3 is 10.6 Å². The van der Waals surface area contributed by atoms with E-state index in [4.69, 9.17) is 17.4 Å². The second-order valence-corrected chi connectivity index (χ2v) is 8.54. The van der Waals surface area contributed by atoms with Crippen molar-refractivity contribution < 1.29 is 8.42 Å². The van der Waals surface area contributed by atoms with Gasteiger partial charge in [0.05, 0.1) is 4.90 Å². The zero-order chi connectivity index (χ0) is 19.9. The third-order valence-electron chi connectivity index (χ3n) is 4.31. The van der Waals surface area contributed by atoms with Gasteiger partial charge in [-0.3, -0.25) is 0 Å². The Morgan fingerprint density at radius 1 is 1.07 bits per heavy atom. The monoisotopic (exact) mass is 405 g/mol. The van der Waals surface area contributed by atoms with Crippen LogP contribution in [0.2, 0.25) is 0 Å². The molecular formula is C20H27N3O2S2. The predicted molar refractivity (Wildman–Crippen MR) is 116 cm³/mol. The number of thiocarbonyl (C=S) groups is 1. The second-order valence-electron chi connectivity index (χ2n) is 6.57. The van der Waals surface area contributed by atoms with Crippen LogP contribution in [0.15, 0.2) is 47.4 Å². The molecule has 0 saturated carbocycles. The summed E-state index contributed by atoms with van der Waals surface area (Å²) in [5.74, 6) is 0. The second kappa shape index (κ2) is 9.82. The maximum Gasteiger partial charge on any atom is 0.238 e. The minimum atomic E-state index is -3.65. The first kappa shape index (κ1) is 21.3. The van der Waals surface area contributed by atoms with E-state index in [0.29, 0.717) is 11.7 Å². The van der Waals surface area contributed by atoms with Crippen LogP contribution in [0.25, 0.3) is 0 Å². The maximum atomic E-state index is 11.3. The van der Waals surface area contributed by atoms with Gasteiger partial charge in [0.25, 0.3) is 0 Å². The highest BCUT2D eigenvalue weighted by Gasteiger charge is 2.07. The lowest BCUT2D eigenvalue weighted by Crippen LogP contribution is -2.30. The number of unbranched alkanes of at least 4 members (excludes halogenated alkanes) is 1. The van der Waals surface area contributed by atoms with Crippen molar-refractivity contribution in [1.82, 2.24) is 5.32 Å². The molecule has 27 heavy (non-hydrogen) atoms. The zero-order valence-electron chi connectivity index (χ0n) is 15.8. The fourth-order valence-electron chi connectivity index (χ4n) is 2.74. The minimum absolute atomic E-state index is 0.120. The van der Waals surface area contributed by atoms with Gasteiger partial charge in [-0.25, -0.2) is 13.6 Å². The summed E-state index contributed by atoms with van der Waals surface area (Å²) in [6.07, 6.45) is 4.22. The van der Waals surface area contributed by atoms with Gasteiger partial charge in [-0.2, -0.15) is 0 Å². The van der Waals surface area contributed by atoms with Crippen molar-refractivity contribution in [1.29, 1.82) is 0 Å². The number of hydrogen-bond acceptors (Lipinski definition) is 3. The van der Waals surface area contributed by atoms with Crippen LogP contribution in [0, 0.1) is 6.92 Å². The lowest BCUT2D eigenvalue weighted by molar-refractivity contribution is 0.598.